The highest BCUT2D eigenvalue weighted by atomic mass is 35.5. The van der Waals surface area contributed by atoms with Crippen molar-refractivity contribution < 1.29 is 19.1 Å². The lowest BCUT2D eigenvalue weighted by Gasteiger charge is -2.23. The van der Waals surface area contributed by atoms with Gasteiger partial charge < -0.3 is 20.1 Å². The van der Waals surface area contributed by atoms with E-state index in [1.54, 1.807) is 55.6 Å². The average Bonchev–Trinajstić information content (AvgIpc) is 2.99. The molecule has 0 spiro atoms. The molecule has 0 aromatic heterocycles. The fourth-order valence-corrected chi connectivity index (χ4v) is 4.82. The van der Waals surface area contributed by atoms with Crippen molar-refractivity contribution in [2.24, 2.45) is 0 Å². The van der Waals surface area contributed by atoms with Gasteiger partial charge in [-0.25, -0.2) is 0 Å². The number of ether oxygens (including phenoxy) is 2. The number of carbonyl (C=O) groups is 2. The van der Waals surface area contributed by atoms with E-state index >= 15 is 0 Å². The molecule has 0 bridgehead atoms. The maximum atomic E-state index is 13.5. The molecule has 44 heavy (non-hydrogen) atoms. The van der Waals surface area contributed by atoms with E-state index in [9.17, 15) is 9.59 Å². The van der Waals surface area contributed by atoms with E-state index in [4.69, 9.17) is 21.1 Å². The van der Waals surface area contributed by atoms with Crippen LogP contribution in [0.3, 0.4) is 0 Å². The molecule has 0 radical (unpaired) electrons. The normalized spacial score (nSPS) is 11.7. The molecule has 6 nitrogen and oxygen atoms in total. The summed E-state index contributed by atoms with van der Waals surface area (Å²) in [6.45, 7) is 12.9. The predicted molar refractivity (Wildman–Crippen MR) is 177 cm³/mol. The minimum Gasteiger partial charge on any atom is -0.493 e. The van der Waals surface area contributed by atoms with E-state index in [-0.39, 0.29) is 29.3 Å². The standard InChI is InChI=1S/C37H41ClN2O4/c1-36(2,3)28-17-12-24(13-18-28)34(41)39-33(40-35(42)25-14-19-29(20-15-25)37(4,5)6)26-16-21-31(43-7)32(22-26)44-23-27-10-8-9-11-30(27)38/h8-22,33H,23H2,1-7H3,(H,39,41)(H,40,42). The van der Waals surface area contributed by atoms with Crippen LogP contribution in [0, 0.1) is 0 Å². The lowest BCUT2D eigenvalue weighted by Crippen LogP contribution is -2.41. The molecule has 7 heteroatoms. The average molecular weight is 613 g/mol. The predicted octanol–water partition coefficient (Wildman–Crippen LogP) is 8.38. The summed E-state index contributed by atoms with van der Waals surface area (Å²) in [5.74, 6) is 0.302. The largest absolute Gasteiger partial charge is 0.493 e. The number of hydrogen-bond acceptors (Lipinski definition) is 4. The Balaban J connectivity index is 1.64. The zero-order valence-electron chi connectivity index (χ0n) is 26.5. The maximum absolute atomic E-state index is 13.5. The lowest BCUT2D eigenvalue weighted by atomic mass is 9.86. The molecule has 0 saturated carbocycles. The Hall–Kier alpha value is -4.29. The van der Waals surface area contributed by atoms with Crippen LogP contribution >= 0.6 is 11.6 Å². The number of nitrogens with one attached hydrogen (secondary N) is 2. The van der Waals surface area contributed by atoms with Crippen molar-refractivity contribution >= 4 is 23.4 Å². The molecule has 0 saturated heterocycles. The van der Waals surface area contributed by atoms with Crippen molar-refractivity contribution in [3.05, 3.63) is 129 Å². The fraction of sp³-hybridized carbons (Fsp3) is 0.297. The highest BCUT2D eigenvalue weighted by Gasteiger charge is 2.22. The van der Waals surface area contributed by atoms with E-state index in [0.29, 0.717) is 33.2 Å². The second kappa shape index (κ2) is 13.6. The van der Waals surface area contributed by atoms with Crippen molar-refractivity contribution in [3.63, 3.8) is 0 Å². The van der Waals surface area contributed by atoms with Gasteiger partial charge in [-0.1, -0.05) is 102 Å². The molecular formula is C37H41ClN2O4. The van der Waals surface area contributed by atoms with Crippen LogP contribution in [0.15, 0.2) is 91.0 Å². The van der Waals surface area contributed by atoms with Gasteiger partial charge in [-0.3, -0.25) is 9.59 Å². The number of benzene rings is 4. The first-order valence-electron chi connectivity index (χ1n) is 14.6. The van der Waals surface area contributed by atoms with E-state index in [1.807, 2.05) is 42.5 Å². The van der Waals surface area contributed by atoms with Crippen molar-refractivity contribution in [3.8, 4) is 11.5 Å². The molecule has 0 aliphatic heterocycles. The van der Waals surface area contributed by atoms with Crippen molar-refractivity contribution in [2.45, 2.75) is 65.1 Å². The first-order valence-corrected chi connectivity index (χ1v) is 15.0. The summed E-state index contributed by atoms with van der Waals surface area (Å²) in [5.41, 5.74) is 4.54. The van der Waals surface area contributed by atoms with Crippen LogP contribution in [0.5, 0.6) is 11.5 Å². The summed E-state index contributed by atoms with van der Waals surface area (Å²) < 4.78 is 11.7. The lowest BCUT2D eigenvalue weighted by molar-refractivity contribution is 0.0883. The third-order valence-corrected chi connectivity index (χ3v) is 7.81. The van der Waals surface area contributed by atoms with E-state index in [2.05, 4.69) is 52.2 Å². The SMILES string of the molecule is COc1ccc(C(NC(=O)c2ccc(C(C)(C)C)cc2)NC(=O)c2ccc(C(C)(C)C)cc2)cc1OCc1ccccc1Cl. The van der Waals surface area contributed by atoms with E-state index in [0.717, 1.165) is 16.7 Å². The molecule has 0 aliphatic rings. The highest BCUT2D eigenvalue weighted by molar-refractivity contribution is 6.31. The minimum atomic E-state index is -0.867. The summed E-state index contributed by atoms with van der Waals surface area (Å²) in [4.78, 5) is 27.0. The zero-order valence-corrected chi connectivity index (χ0v) is 27.2. The fourth-order valence-electron chi connectivity index (χ4n) is 4.63. The Kier molecular flexibility index (Phi) is 10.1. The first-order chi connectivity index (χ1) is 20.8. The van der Waals surface area contributed by atoms with E-state index < -0.39 is 6.17 Å². The van der Waals surface area contributed by atoms with Gasteiger partial charge in [0.25, 0.3) is 11.8 Å². The van der Waals surface area contributed by atoms with Crippen molar-refractivity contribution in [1.82, 2.24) is 10.6 Å². The van der Waals surface area contributed by atoms with Crippen molar-refractivity contribution in [2.75, 3.05) is 7.11 Å². The molecule has 0 aliphatic carbocycles. The third-order valence-electron chi connectivity index (χ3n) is 7.44. The Morgan fingerprint density at radius 1 is 0.705 bits per heavy atom. The quantitative estimate of drug-likeness (QED) is 0.186. The van der Waals surface area contributed by atoms with Crippen LogP contribution in [0.2, 0.25) is 5.02 Å². The summed E-state index contributed by atoms with van der Waals surface area (Å²) in [6, 6.07) is 27.7. The molecule has 0 fully saturated rings. The van der Waals surface area contributed by atoms with Gasteiger partial charge in [-0.05, 0) is 70.0 Å². The molecule has 0 heterocycles. The number of carbonyl (C=O) groups excluding carboxylic acids is 2. The zero-order chi connectivity index (χ0) is 32.1. The molecule has 4 aromatic carbocycles. The van der Waals surface area contributed by atoms with Crippen molar-refractivity contribution in [1.29, 1.82) is 0 Å². The van der Waals surface area contributed by atoms with Gasteiger partial charge in [0.2, 0.25) is 0 Å². The van der Waals surface area contributed by atoms with Gasteiger partial charge >= 0.3 is 0 Å². The Morgan fingerprint density at radius 3 is 1.66 bits per heavy atom. The Morgan fingerprint density at radius 2 is 1.20 bits per heavy atom. The topological polar surface area (TPSA) is 76.7 Å². The summed E-state index contributed by atoms with van der Waals surface area (Å²) in [6.07, 6.45) is -0.867. The number of hydrogen-bond donors (Lipinski definition) is 2. The van der Waals surface area contributed by atoms with Gasteiger partial charge in [-0.15, -0.1) is 0 Å². The monoisotopic (exact) mass is 612 g/mol. The number of amides is 2. The Labute approximate surface area is 265 Å². The summed E-state index contributed by atoms with van der Waals surface area (Å²) >= 11 is 6.34. The van der Waals surface area contributed by atoms with Crippen LogP contribution < -0.4 is 20.1 Å². The molecule has 2 N–H and O–H groups in total. The molecule has 0 unspecified atom stereocenters. The molecule has 230 valence electrons. The third kappa shape index (κ3) is 8.20. The first kappa shape index (κ1) is 32.6. The maximum Gasteiger partial charge on any atom is 0.253 e. The van der Waals surface area contributed by atoms with Gasteiger partial charge in [0.15, 0.2) is 11.5 Å². The van der Waals surface area contributed by atoms with E-state index in [1.165, 1.54) is 0 Å². The molecular weight excluding hydrogens is 572 g/mol. The van der Waals surface area contributed by atoms with Crippen LogP contribution in [0.4, 0.5) is 0 Å². The molecule has 4 aromatic rings. The van der Waals surface area contributed by atoms with Gasteiger partial charge in [0.05, 0.1) is 7.11 Å². The summed E-state index contributed by atoms with van der Waals surface area (Å²) in [5, 5.41) is 6.60. The highest BCUT2D eigenvalue weighted by Crippen LogP contribution is 2.32. The number of rotatable bonds is 9. The second-order valence-corrected chi connectivity index (χ2v) is 13.2. The van der Waals surface area contributed by atoms with Crippen LogP contribution in [0.1, 0.15) is 90.7 Å². The van der Waals surface area contributed by atoms with Gasteiger partial charge in [0.1, 0.15) is 12.8 Å². The smallest absolute Gasteiger partial charge is 0.253 e. The van der Waals surface area contributed by atoms with Crippen LogP contribution in [-0.4, -0.2) is 18.9 Å². The number of methoxy groups -OCH3 is 1. The van der Waals surface area contributed by atoms with Crippen LogP contribution in [0.25, 0.3) is 0 Å². The molecule has 4 rings (SSSR count). The second-order valence-electron chi connectivity index (χ2n) is 12.8. The van der Waals surface area contributed by atoms with Crippen LogP contribution in [-0.2, 0) is 17.4 Å². The Bertz CT molecular complexity index is 1530. The molecule has 2 amide bonds. The number of halogens is 1. The minimum absolute atomic E-state index is 0.0441. The molecule has 0 atom stereocenters. The van der Waals surface area contributed by atoms with Gasteiger partial charge in [-0.2, -0.15) is 0 Å². The van der Waals surface area contributed by atoms with Gasteiger partial charge in [0, 0.05) is 21.7 Å². The summed E-state index contributed by atoms with van der Waals surface area (Å²) in [7, 11) is 1.56.